The number of hydrogen-bond donors (Lipinski definition) is 2. The number of carbonyl (C=O) groups excluding carboxylic acids is 1. The van der Waals surface area contributed by atoms with E-state index in [0.29, 0.717) is 5.76 Å². The number of amides is 1. The third-order valence-electron chi connectivity index (χ3n) is 2.63. The number of rotatable bonds is 3. The average Bonchev–Trinajstić information content (AvgIpc) is 3.17. The first-order valence-electron chi connectivity index (χ1n) is 5.91. The quantitative estimate of drug-likeness (QED) is 0.719. The molecule has 3 rings (SSSR count). The van der Waals surface area contributed by atoms with Crippen molar-refractivity contribution in [3.8, 4) is 23.2 Å². The number of anilines is 1. The molecular formula is C12H10N6O3. The summed E-state index contributed by atoms with van der Waals surface area (Å²) in [6.45, 7) is 0. The van der Waals surface area contributed by atoms with Crippen LogP contribution in [0.1, 0.15) is 10.5 Å². The van der Waals surface area contributed by atoms with Crippen LogP contribution in [-0.4, -0.2) is 33.1 Å². The van der Waals surface area contributed by atoms with Crippen LogP contribution in [0.25, 0.3) is 23.2 Å². The second-order valence-electron chi connectivity index (χ2n) is 3.97. The summed E-state index contributed by atoms with van der Waals surface area (Å²) in [5, 5.41) is 6.20. The standard InChI is InChI=1S/C12H10N6O3/c1-14-11(19)8-9(13)15-5-6(16-8)10-17-12(21-18-10)7-3-2-4-20-7/h2-5H,1H3,(H2,13,15)(H,14,19). The van der Waals surface area contributed by atoms with Crippen molar-refractivity contribution < 1.29 is 13.7 Å². The molecule has 0 saturated carbocycles. The zero-order valence-corrected chi connectivity index (χ0v) is 10.9. The smallest absolute Gasteiger partial charge is 0.293 e. The first-order valence-corrected chi connectivity index (χ1v) is 5.91. The number of nitrogens with zero attached hydrogens (tertiary/aromatic N) is 4. The van der Waals surface area contributed by atoms with E-state index in [1.807, 2.05) is 0 Å². The maximum Gasteiger partial charge on any atom is 0.293 e. The first-order chi connectivity index (χ1) is 10.2. The van der Waals surface area contributed by atoms with E-state index in [2.05, 4.69) is 25.4 Å². The van der Waals surface area contributed by atoms with Gasteiger partial charge in [0.25, 0.3) is 11.8 Å². The second-order valence-corrected chi connectivity index (χ2v) is 3.97. The summed E-state index contributed by atoms with van der Waals surface area (Å²) in [7, 11) is 1.47. The number of nitrogens with one attached hydrogen (secondary N) is 1. The van der Waals surface area contributed by atoms with E-state index >= 15 is 0 Å². The van der Waals surface area contributed by atoms with Gasteiger partial charge in [-0.25, -0.2) is 9.97 Å². The Hall–Kier alpha value is -3.23. The highest BCUT2D eigenvalue weighted by molar-refractivity contribution is 5.96. The first kappa shape index (κ1) is 12.8. The van der Waals surface area contributed by atoms with E-state index in [9.17, 15) is 4.79 Å². The van der Waals surface area contributed by atoms with Gasteiger partial charge in [0, 0.05) is 7.05 Å². The summed E-state index contributed by atoms with van der Waals surface area (Å²) < 4.78 is 10.2. The Morgan fingerprint density at radius 3 is 2.95 bits per heavy atom. The van der Waals surface area contributed by atoms with E-state index in [-0.39, 0.29) is 28.9 Å². The Balaban J connectivity index is 1.99. The zero-order chi connectivity index (χ0) is 14.8. The summed E-state index contributed by atoms with van der Waals surface area (Å²) in [4.78, 5) is 23.8. The van der Waals surface area contributed by atoms with Gasteiger partial charge in [0.2, 0.25) is 5.82 Å². The fourth-order valence-electron chi connectivity index (χ4n) is 1.62. The highest BCUT2D eigenvalue weighted by atomic mass is 16.5. The van der Waals surface area contributed by atoms with E-state index in [1.54, 1.807) is 12.1 Å². The van der Waals surface area contributed by atoms with Crippen molar-refractivity contribution in [3.05, 3.63) is 30.3 Å². The number of nitrogen functional groups attached to an aromatic ring is 1. The number of carbonyl (C=O) groups is 1. The van der Waals surface area contributed by atoms with Gasteiger partial charge in [-0.1, -0.05) is 5.16 Å². The van der Waals surface area contributed by atoms with Crippen LogP contribution in [-0.2, 0) is 0 Å². The molecule has 0 atom stereocenters. The minimum absolute atomic E-state index is 0.000603. The molecule has 0 spiro atoms. The predicted molar refractivity (Wildman–Crippen MR) is 70.8 cm³/mol. The molecule has 9 heteroatoms. The molecule has 0 aliphatic rings. The molecule has 1 amide bonds. The predicted octanol–water partition coefficient (Wildman–Crippen LogP) is 0.728. The van der Waals surface area contributed by atoms with Crippen LogP contribution in [0.4, 0.5) is 5.82 Å². The van der Waals surface area contributed by atoms with Gasteiger partial charge in [0.05, 0.1) is 12.5 Å². The van der Waals surface area contributed by atoms with E-state index in [1.165, 1.54) is 19.5 Å². The Morgan fingerprint density at radius 1 is 1.38 bits per heavy atom. The van der Waals surface area contributed by atoms with Gasteiger partial charge in [-0.3, -0.25) is 4.79 Å². The molecule has 3 aromatic heterocycles. The molecule has 9 nitrogen and oxygen atoms in total. The van der Waals surface area contributed by atoms with Crippen LogP contribution in [0.2, 0.25) is 0 Å². The summed E-state index contributed by atoms with van der Waals surface area (Å²) in [5.74, 6) is 0.391. The van der Waals surface area contributed by atoms with Crippen LogP contribution < -0.4 is 11.1 Å². The number of hydrogen-bond acceptors (Lipinski definition) is 8. The lowest BCUT2D eigenvalue weighted by atomic mass is 10.3. The Morgan fingerprint density at radius 2 is 2.24 bits per heavy atom. The normalized spacial score (nSPS) is 10.5. The van der Waals surface area contributed by atoms with Gasteiger partial charge in [0.1, 0.15) is 5.69 Å². The summed E-state index contributed by atoms with van der Waals surface area (Å²) in [6.07, 6.45) is 2.85. The fraction of sp³-hybridized carbons (Fsp3) is 0.0833. The van der Waals surface area contributed by atoms with Crippen molar-refractivity contribution in [2.45, 2.75) is 0 Å². The van der Waals surface area contributed by atoms with Crippen LogP contribution in [0, 0.1) is 0 Å². The molecule has 21 heavy (non-hydrogen) atoms. The van der Waals surface area contributed by atoms with Gasteiger partial charge in [-0.05, 0) is 12.1 Å². The molecule has 3 aromatic rings. The van der Waals surface area contributed by atoms with Crippen molar-refractivity contribution in [1.29, 1.82) is 0 Å². The summed E-state index contributed by atoms with van der Waals surface area (Å²) in [5.41, 5.74) is 5.88. The molecule has 3 N–H and O–H groups in total. The fourth-order valence-corrected chi connectivity index (χ4v) is 1.62. The van der Waals surface area contributed by atoms with Crippen molar-refractivity contribution in [2.24, 2.45) is 0 Å². The maximum absolute atomic E-state index is 11.6. The van der Waals surface area contributed by atoms with Crippen LogP contribution in [0.15, 0.2) is 33.5 Å². The van der Waals surface area contributed by atoms with E-state index in [0.717, 1.165) is 0 Å². The zero-order valence-electron chi connectivity index (χ0n) is 10.9. The largest absolute Gasteiger partial charge is 0.459 e. The summed E-state index contributed by atoms with van der Waals surface area (Å²) >= 11 is 0. The molecule has 3 heterocycles. The number of aromatic nitrogens is 4. The summed E-state index contributed by atoms with van der Waals surface area (Å²) in [6, 6.07) is 3.38. The van der Waals surface area contributed by atoms with Crippen molar-refractivity contribution >= 4 is 11.7 Å². The van der Waals surface area contributed by atoms with Crippen molar-refractivity contribution in [2.75, 3.05) is 12.8 Å². The highest BCUT2D eigenvalue weighted by Crippen LogP contribution is 2.21. The van der Waals surface area contributed by atoms with Gasteiger partial charge in [-0.2, -0.15) is 4.98 Å². The third-order valence-corrected chi connectivity index (χ3v) is 2.63. The lowest BCUT2D eigenvalue weighted by Gasteiger charge is -2.03. The molecule has 0 aliphatic carbocycles. The van der Waals surface area contributed by atoms with Gasteiger partial charge >= 0.3 is 0 Å². The molecule has 0 aliphatic heterocycles. The topological polar surface area (TPSA) is 133 Å². The minimum atomic E-state index is -0.448. The molecule has 0 fully saturated rings. The highest BCUT2D eigenvalue weighted by Gasteiger charge is 2.17. The van der Waals surface area contributed by atoms with Crippen LogP contribution in [0.5, 0.6) is 0 Å². The van der Waals surface area contributed by atoms with E-state index < -0.39 is 5.91 Å². The number of nitrogens with two attached hydrogens (primary N) is 1. The third kappa shape index (κ3) is 2.31. The molecule has 0 bridgehead atoms. The van der Waals surface area contributed by atoms with Crippen molar-refractivity contribution in [1.82, 2.24) is 25.4 Å². The maximum atomic E-state index is 11.6. The molecule has 0 radical (unpaired) electrons. The second kappa shape index (κ2) is 5.04. The Bertz CT molecular complexity index is 780. The van der Waals surface area contributed by atoms with Gasteiger partial charge in [-0.15, -0.1) is 0 Å². The Labute approximate surface area is 118 Å². The molecule has 0 saturated heterocycles. The SMILES string of the molecule is CNC(=O)c1nc(-c2noc(-c3ccco3)n2)cnc1N. The minimum Gasteiger partial charge on any atom is -0.459 e. The van der Waals surface area contributed by atoms with E-state index in [4.69, 9.17) is 14.7 Å². The lowest BCUT2D eigenvalue weighted by Crippen LogP contribution is -2.21. The van der Waals surface area contributed by atoms with Gasteiger partial charge < -0.3 is 20.0 Å². The lowest BCUT2D eigenvalue weighted by molar-refractivity contribution is 0.0959. The van der Waals surface area contributed by atoms with Gasteiger partial charge in [0.15, 0.2) is 17.3 Å². The van der Waals surface area contributed by atoms with Crippen molar-refractivity contribution in [3.63, 3.8) is 0 Å². The van der Waals surface area contributed by atoms with Crippen LogP contribution in [0.3, 0.4) is 0 Å². The number of furan rings is 1. The monoisotopic (exact) mass is 286 g/mol. The van der Waals surface area contributed by atoms with Crippen LogP contribution >= 0.6 is 0 Å². The molecular weight excluding hydrogens is 276 g/mol. The average molecular weight is 286 g/mol. The molecule has 106 valence electrons. The Kier molecular flexibility index (Phi) is 3.07. The molecule has 0 unspecified atom stereocenters. The molecule has 0 aromatic carbocycles.